The molecule has 8 nitrogen and oxygen atoms in total. The van der Waals surface area contributed by atoms with Gasteiger partial charge in [-0.05, 0) is 56.7 Å². The van der Waals surface area contributed by atoms with Crippen molar-refractivity contribution in [1.29, 1.82) is 0 Å². The van der Waals surface area contributed by atoms with Crippen LogP contribution in [-0.2, 0) is 23.8 Å². The van der Waals surface area contributed by atoms with Gasteiger partial charge < -0.3 is 24.4 Å². The van der Waals surface area contributed by atoms with Crippen molar-refractivity contribution in [2.75, 3.05) is 6.61 Å². The number of thiazole rings is 1. The maximum absolute atomic E-state index is 13.8. The fourth-order valence-electron chi connectivity index (χ4n) is 6.41. The molecule has 2 N–H and O–H groups in total. The number of Topliss-reactive ketones (excluding diaryl/α,β-unsaturated/α-hetero) is 1. The molecule has 1 aromatic heterocycles. The monoisotopic (exact) mass is 559 g/mol. The number of aliphatic hydroxyl groups is 2. The van der Waals surface area contributed by atoms with Crippen molar-refractivity contribution in [3.8, 4) is 0 Å². The van der Waals surface area contributed by atoms with Crippen LogP contribution in [0.4, 0.5) is 0 Å². The number of carbonyl (C=O) groups excluding carboxylic acids is 2. The van der Waals surface area contributed by atoms with Crippen LogP contribution in [0.25, 0.3) is 10.2 Å². The molecule has 3 aliphatic heterocycles. The van der Waals surface area contributed by atoms with Gasteiger partial charge in [-0.15, -0.1) is 11.3 Å². The Morgan fingerprint density at radius 3 is 2.69 bits per heavy atom. The fraction of sp³-hybridized carbons (Fsp3) is 0.700. The molecule has 8 atom stereocenters. The van der Waals surface area contributed by atoms with Crippen LogP contribution in [0.15, 0.2) is 18.2 Å². The number of fused-ring (bicyclic) bond motifs is 3. The molecule has 3 aliphatic rings. The molecule has 0 saturated carbocycles. The summed E-state index contributed by atoms with van der Waals surface area (Å²) in [5.41, 5.74) is 0.230. The molecular weight excluding hydrogens is 518 g/mol. The predicted octanol–water partition coefficient (Wildman–Crippen LogP) is 4.67. The number of hydrogen-bond donors (Lipinski definition) is 2. The zero-order valence-electron chi connectivity index (χ0n) is 23.5. The van der Waals surface area contributed by atoms with Gasteiger partial charge in [-0.3, -0.25) is 9.59 Å². The van der Waals surface area contributed by atoms with E-state index in [1.165, 1.54) is 0 Å². The number of aryl methyl sites for hydroxylation is 1. The summed E-state index contributed by atoms with van der Waals surface area (Å²) in [4.78, 5) is 31.6. The zero-order valence-corrected chi connectivity index (χ0v) is 24.3. The maximum Gasteiger partial charge on any atom is 0.309 e. The number of rotatable bonds is 2. The largest absolute Gasteiger partial charge is 0.457 e. The maximum atomic E-state index is 13.8. The lowest BCUT2D eigenvalue weighted by Crippen LogP contribution is -2.45. The number of hydrogen-bond acceptors (Lipinski definition) is 9. The molecule has 0 aliphatic carbocycles. The van der Waals surface area contributed by atoms with Crippen LogP contribution in [0.3, 0.4) is 0 Å². The number of aromatic nitrogens is 1. The van der Waals surface area contributed by atoms with E-state index < -0.39 is 35.6 Å². The van der Waals surface area contributed by atoms with Crippen LogP contribution >= 0.6 is 11.3 Å². The Kier molecular flexibility index (Phi) is 7.94. The molecule has 0 amide bonds. The van der Waals surface area contributed by atoms with E-state index in [0.717, 1.165) is 40.1 Å². The lowest BCUT2D eigenvalue weighted by atomic mass is 9.71. The Bertz CT molecular complexity index is 1230. The SMILES string of the molecule is Cc1nc2cc(C3C[C@@H]4O[C@]4(C)CCC[C@H](C)[C@@H]4O[C@H](CO)C[C@H]4C(=O)C(C)(C)[C@@H](O)CC(=O)O3)ccc2s1. The average Bonchev–Trinajstić information content (AvgIpc) is 3.20. The topological polar surface area (TPSA) is 118 Å². The summed E-state index contributed by atoms with van der Waals surface area (Å²) in [5, 5.41) is 21.9. The summed E-state index contributed by atoms with van der Waals surface area (Å²) in [6.07, 6.45) is 0.679. The smallest absolute Gasteiger partial charge is 0.309 e. The molecule has 1 aromatic carbocycles. The van der Waals surface area contributed by atoms with Crippen LogP contribution in [0.1, 0.15) is 82.9 Å². The molecular formula is C30H41NO7S. The van der Waals surface area contributed by atoms with Crippen LogP contribution in [-0.4, -0.2) is 63.6 Å². The second kappa shape index (κ2) is 10.8. The first kappa shape index (κ1) is 28.6. The number of ether oxygens (including phenoxy) is 3. The van der Waals surface area contributed by atoms with Gasteiger partial charge in [-0.1, -0.05) is 33.3 Å². The highest BCUT2D eigenvalue weighted by atomic mass is 32.1. The number of aliphatic hydroxyl groups excluding tert-OH is 2. The first-order valence-corrected chi connectivity index (χ1v) is 15.0. The minimum Gasteiger partial charge on any atom is -0.457 e. The van der Waals surface area contributed by atoms with Gasteiger partial charge in [0, 0.05) is 12.3 Å². The van der Waals surface area contributed by atoms with Crippen LogP contribution in [0.5, 0.6) is 0 Å². The van der Waals surface area contributed by atoms with Crippen LogP contribution in [0.2, 0.25) is 0 Å². The Hall–Kier alpha value is -1.91. The van der Waals surface area contributed by atoms with Gasteiger partial charge in [-0.25, -0.2) is 4.98 Å². The molecule has 0 bridgehead atoms. The van der Waals surface area contributed by atoms with E-state index in [1.54, 1.807) is 25.2 Å². The first-order chi connectivity index (χ1) is 18.4. The molecule has 3 fully saturated rings. The quantitative estimate of drug-likeness (QED) is 0.403. The molecule has 9 heteroatoms. The summed E-state index contributed by atoms with van der Waals surface area (Å²) in [5.74, 6) is -1.05. The van der Waals surface area contributed by atoms with Crippen LogP contribution < -0.4 is 0 Å². The highest BCUT2D eigenvalue weighted by molar-refractivity contribution is 7.18. The van der Waals surface area contributed by atoms with Gasteiger partial charge in [-0.2, -0.15) is 0 Å². The Balaban J connectivity index is 1.42. The molecule has 0 radical (unpaired) electrons. The predicted molar refractivity (Wildman–Crippen MR) is 147 cm³/mol. The minimum atomic E-state index is -1.22. The summed E-state index contributed by atoms with van der Waals surface area (Å²) >= 11 is 1.62. The molecule has 5 rings (SSSR count). The van der Waals surface area contributed by atoms with E-state index in [4.69, 9.17) is 14.2 Å². The number of carbonyl (C=O) groups is 2. The molecule has 1 unspecified atom stereocenters. The Morgan fingerprint density at radius 1 is 1.18 bits per heavy atom. The first-order valence-electron chi connectivity index (χ1n) is 14.1. The third-order valence-corrected chi connectivity index (χ3v) is 10.1. The lowest BCUT2D eigenvalue weighted by molar-refractivity contribution is -0.156. The van der Waals surface area contributed by atoms with Crippen molar-refractivity contribution in [2.24, 2.45) is 17.3 Å². The van der Waals surface area contributed by atoms with Crippen LogP contribution in [0, 0.1) is 24.2 Å². The number of epoxide rings is 1. The van der Waals surface area contributed by atoms with Gasteiger partial charge >= 0.3 is 5.97 Å². The second-order valence-electron chi connectivity index (χ2n) is 12.5. The Labute approximate surface area is 234 Å². The van der Waals surface area contributed by atoms with E-state index in [2.05, 4.69) is 18.8 Å². The lowest BCUT2D eigenvalue weighted by Gasteiger charge is -2.34. The standard InChI is InChI=1S/C30H41NO7S/c1-16-7-6-10-30(5)25(38-30)13-22(18-8-9-23-21(11-18)31-17(2)39-23)37-26(34)14-24(33)29(3,4)28(35)20-12-19(15-32)36-27(16)20/h8-9,11,16,19-20,22,24-25,27,32-33H,6-7,10,12-15H2,1-5H3/t16-,19-,20+,22?,24-,25-,27-,30+/m0/s1. The number of nitrogens with zero attached hydrogens (tertiary/aromatic N) is 1. The molecule has 4 heterocycles. The van der Waals surface area contributed by atoms with E-state index in [0.29, 0.717) is 12.8 Å². The van der Waals surface area contributed by atoms with E-state index >= 15 is 0 Å². The summed E-state index contributed by atoms with van der Waals surface area (Å²) in [6, 6.07) is 5.95. The zero-order chi connectivity index (χ0) is 28.1. The van der Waals surface area contributed by atoms with Crippen molar-refractivity contribution >= 4 is 33.3 Å². The van der Waals surface area contributed by atoms with Gasteiger partial charge in [0.2, 0.25) is 0 Å². The van der Waals surface area contributed by atoms with E-state index in [-0.39, 0.29) is 42.5 Å². The molecule has 39 heavy (non-hydrogen) atoms. The van der Waals surface area contributed by atoms with Crippen molar-refractivity contribution in [3.05, 3.63) is 28.8 Å². The van der Waals surface area contributed by atoms with Crippen molar-refractivity contribution in [1.82, 2.24) is 4.98 Å². The summed E-state index contributed by atoms with van der Waals surface area (Å²) in [7, 11) is 0. The van der Waals surface area contributed by atoms with E-state index in [1.807, 2.05) is 25.1 Å². The van der Waals surface area contributed by atoms with E-state index in [9.17, 15) is 19.8 Å². The summed E-state index contributed by atoms with van der Waals surface area (Å²) < 4.78 is 19.4. The normalized spacial score (nSPS) is 37.8. The number of benzene rings is 1. The van der Waals surface area contributed by atoms with Crippen molar-refractivity contribution < 1.29 is 34.0 Å². The van der Waals surface area contributed by atoms with Gasteiger partial charge in [0.25, 0.3) is 0 Å². The molecule has 3 saturated heterocycles. The molecule has 214 valence electrons. The fourth-order valence-corrected chi connectivity index (χ4v) is 7.22. The summed E-state index contributed by atoms with van der Waals surface area (Å²) in [6.45, 7) is 9.38. The number of ketones is 1. The molecule has 2 aromatic rings. The molecule has 0 spiro atoms. The third-order valence-electron chi connectivity index (χ3n) is 9.15. The van der Waals surface area contributed by atoms with Crippen molar-refractivity contribution in [2.45, 2.75) is 109 Å². The number of esters is 1. The van der Waals surface area contributed by atoms with Crippen molar-refractivity contribution in [3.63, 3.8) is 0 Å². The third kappa shape index (κ3) is 5.79. The average molecular weight is 560 g/mol. The van der Waals surface area contributed by atoms with Gasteiger partial charge in [0.15, 0.2) is 0 Å². The Morgan fingerprint density at radius 2 is 1.95 bits per heavy atom. The van der Waals surface area contributed by atoms with Gasteiger partial charge in [0.05, 0.1) is 63.7 Å². The van der Waals surface area contributed by atoms with Gasteiger partial charge in [0.1, 0.15) is 11.9 Å². The number of cyclic esters (lactones) is 1. The highest BCUT2D eigenvalue weighted by Crippen LogP contribution is 2.47. The second-order valence-corrected chi connectivity index (χ2v) is 13.8. The highest BCUT2D eigenvalue weighted by Gasteiger charge is 2.53. The minimum absolute atomic E-state index is 0.0523.